The van der Waals surface area contributed by atoms with Gasteiger partial charge in [-0.3, -0.25) is 20.2 Å². The second-order valence-corrected chi connectivity index (χ2v) is 5.77. The van der Waals surface area contributed by atoms with Crippen LogP contribution in [0, 0.1) is 0 Å². The first-order chi connectivity index (χ1) is 12.5. The van der Waals surface area contributed by atoms with E-state index in [1.54, 1.807) is 23.6 Å². The van der Waals surface area contributed by atoms with E-state index in [0.717, 1.165) is 0 Å². The number of carbonyl (C=O) groups excluding carboxylic acids is 4. The van der Waals surface area contributed by atoms with E-state index >= 15 is 0 Å². The molecule has 0 unspecified atom stereocenters. The fourth-order valence-electron chi connectivity index (χ4n) is 2.59. The van der Waals surface area contributed by atoms with E-state index in [1.807, 2.05) is 0 Å². The Bertz CT molecular complexity index is 673. The van der Waals surface area contributed by atoms with Gasteiger partial charge in [-0.1, -0.05) is 0 Å². The molecule has 0 saturated carbocycles. The first kappa shape index (κ1) is 17.8. The number of rotatable bonds is 6. The van der Waals surface area contributed by atoms with Crippen LogP contribution in [0.25, 0.3) is 0 Å². The highest BCUT2D eigenvalue weighted by molar-refractivity contribution is 6.26. The van der Waals surface area contributed by atoms with Crippen molar-refractivity contribution in [3.63, 3.8) is 0 Å². The first-order valence-corrected chi connectivity index (χ1v) is 8.43. The van der Waals surface area contributed by atoms with E-state index in [0.29, 0.717) is 26.2 Å². The molecule has 0 aromatic rings. The third kappa shape index (κ3) is 3.48. The van der Waals surface area contributed by atoms with Crippen LogP contribution in [-0.4, -0.2) is 72.9 Å². The fourth-order valence-corrected chi connectivity index (χ4v) is 2.59. The lowest BCUT2D eigenvalue weighted by Gasteiger charge is -2.25. The number of amides is 2. The number of Topliss-reactive ketones (excluding diaryl/α,β-unsaturated/α-hetero) is 2. The average Bonchev–Trinajstić information content (AvgIpc) is 3.45. The maximum absolute atomic E-state index is 13.0. The molecule has 26 heavy (non-hydrogen) atoms. The van der Waals surface area contributed by atoms with E-state index in [4.69, 9.17) is 9.47 Å². The van der Waals surface area contributed by atoms with Gasteiger partial charge in [0.1, 0.15) is 22.8 Å². The zero-order chi connectivity index (χ0) is 18.8. The average molecular weight is 364 g/mol. The van der Waals surface area contributed by atoms with E-state index in [2.05, 4.69) is 10.6 Å². The molecule has 140 valence electrons. The second-order valence-electron chi connectivity index (χ2n) is 5.77. The van der Waals surface area contributed by atoms with Crippen molar-refractivity contribution in [3.05, 3.63) is 22.8 Å². The van der Waals surface area contributed by atoms with Gasteiger partial charge in [0.05, 0.1) is 13.2 Å². The molecule has 2 N–H and O–H groups in total. The smallest absolute Gasteiger partial charge is 0.411 e. The third-order valence-electron chi connectivity index (χ3n) is 3.89. The number of hydrogen-bond acceptors (Lipinski definition) is 8. The van der Waals surface area contributed by atoms with Crippen LogP contribution in [0.15, 0.2) is 22.8 Å². The van der Waals surface area contributed by atoms with Gasteiger partial charge in [0.2, 0.25) is 11.6 Å². The Morgan fingerprint density at radius 1 is 0.808 bits per heavy atom. The van der Waals surface area contributed by atoms with Crippen molar-refractivity contribution in [2.75, 3.05) is 39.4 Å². The molecule has 10 nitrogen and oxygen atoms in total. The SMILES string of the molecule is CCOC(=O)NC1=C(NC(=O)OCC)C(=O)C(N2CC2)=C(N2CC2)C1=O. The molecular formula is C16H20N4O6. The monoisotopic (exact) mass is 364 g/mol. The molecule has 0 spiro atoms. The molecular weight excluding hydrogens is 344 g/mol. The minimum absolute atomic E-state index is 0.0930. The lowest BCUT2D eigenvalue weighted by molar-refractivity contribution is -0.118. The van der Waals surface area contributed by atoms with Crippen LogP contribution in [0.4, 0.5) is 9.59 Å². The summed E-state index contributed by atoms with van der Waals surface area (Å²) in [4.78, 5) is 53.1. The largest absolute Gasteiger partial charge is 0.450 e. The zero-order valence-electron chi connectivity index (χ0n) is 14.6. The minimum Gasteiger partial charge on any atom is -0.450 e. The van der Waals surface area contributed by atoms with Gasteiger partial charge in [-0.05, 0) is 13.8 Å². The standard InChI is InChI=1S/C16H20N4O6/c1-3-25-15(23)17-9-10(18-16(24)26-4-2)14(22)12(20-7-8-20)11(13(9)21)19-5-6-19/h3-8H2,1-2H3,(H,17,23)(H,18,24). The van der Waals surface area contributed by atoms with Crippen molar-refractivity contribution in [1.82, 2.24) is 20.4 Å². The van der Waals surface area contributed by atoms with Gasteiger partial charge in [-0.15, -0.1) is 0 Å². The van der Waals surface area contributed by atoms with E-state index in [1.165, 1.54) is 0 Å². The van der Waals surface area contributed by atoms with Crippen LogP contribution in [0.5, 0.6) is 0 Å². The second kappa shape index (κ2) is 7.06. The van der Waals surface area contributed by atoms with Gasteiger partial charge in [0.15, 0.2) is 0 Å². The minimum atomic E-state index is -0.882. The summed E-state index contributed by atoms with van der Waals surface area (Å²) < 4.78 is 9.59. The van der Waals surface area contributed by atoms with Crippen LogP contribution in [0.1, 0.15) is 13.8 Å². The highest BCUT2D eigenvalue weighted by atomic mass is 16.6. The zero-order valence-corrected chi connectivity index (χ0v) is 14.6. The van der Waals surface area contributed by atoms with Gasteiger partial charge < -0.3 is 19.3 Å². The number of alkyl carbamates (subject to hydrolysis) is 2. The quantitative estimate of drug-likeness (QED) is 0.487. The maximum Gasteiger partial charge on any atom is 0.411 e. The van der Waals surface area contributed by atoms with Crippen LogP contribution in [0.3, 0.4) is 0 Å². The highest BCUT2D eigenvalue weighted by Crippen LogP contribution is 2.33. The van der Waals surface area contributed by atoms with Crippen molar-refractivity contribution < 1.29 is 28.7 Å². The van der Waals surface area contributed by atoms with Crippen LogP contribution >= 0.6 is 0 Å². The van der Waals surface area contributed by atoms with Crippen molar-refractivity contribution in [1.29, 1.82) is 0 Å². The molecule has 2 saturated heterocycles. The summed E-state index contributed by atoms with van der Waals surface area (Å²) in [6.45, 7) is 6.01. The van der Waals surface area contributed by atoms with Crippen molar-refractivity contribution in [2.24, 2.45) is 0 Å². The van der Waals surface area contributed by atoms with Crippen molar-refractivity contribution in [2.45, 2.75) is 13.8 Å². The normalized spacial score (nSPS) is 18.8. The summed E-state index contributed by atoms with van der Waals surface area (Å²) in [5.41, 5.74) is -0.134. The summed E-state index contributed by atoms with van der Waals surface area (Å²) in [5, 5.41) is 4.58. The highest BCUT2D eigenvalue weighted by Gasteiger charge is 2.45. The lowest BCUT2D eigenvalue weighted by Crippen LogP contribution is -2.43. The molecule has 0 atom stereocenters. The maximum atomic E-state index is 13.0. The molecule has 0 bridgehead atoms. The van der Waals surface area contributed by atoms with Gasteiger partial charge in [0.25, 0.3) is 0 Å². The molecule has 10 heteroatoms. The number of nitrogens with zero attached hydrogens (tertiary/aromatic N) is 2. The number of nitrogens with one attached hydrogen (secondary N) is 2. The Balaban J connectivity index is 1.98. The third-order valence-corrected chi connectivity index (χ3v) is 3.89. The Hall–Kier alpha value is -3.04. The molecule has 0 aromatic carbocycles. The summed E-state index contributed by atoms with van der Waals surface area (Å²) >= 11 is 0. The van der Waals surface area contributed by atoms with Gasteiger partial charge in [-0.2, -0.15) is 0 Å². The number of ketones is 2. The Morgan fingerprint density at radius 3 is 1.42 bits per heavy atom. The molecule has 1 aliphatic carbocycles. The molecule has 3 rings (SSSR count). The molecule has 2 amide bonds. The summed E-state index contributed by atoms with van der Waals surface area (Å²) in [5.74, 6) is -1.08. The Labute approximate surface area is 149 Å². The molecule has 2 heterocycles. The van der Waals surface area contributed by atoms with Crippen LogP contribution < -0.4 is 10.6 Å². The summed E-state index contributed by atoms with van der Waals surface area (Å²) in [7, 11) is 0. The Morgan fingerprint density at radius 2 is 1.15 bits per heavy atom. The predicted octanol–water partition coefficient (Wildman–Crippen LogP) is -0.315. The van der Waals surface area contributed by atoms with Crippen molar-refractivity contribution in [3.8, 4) is 0 Å². The molecule has 2 fully saturated rings. The van der Waals surface area contributed by atoms with Gasteiger partial charge in [-0.25, -0.2) is 9.59 Å². The van der Waals surface area contributed by atoms with E-state index < -0.39 is 23.8 Å². The van der Waals surface area contributed by atoms with Crippen LogP contribution in [-0.2, 0) is 19.1 Å². The number of carbonyl (C=O) groups is 4. The van der Waals surface area contributed by atoms with Crippen LogP contribution in [0.2, 0.25) is 0 Å². The molecule has 2 aliphatic heterocycles. The van der Waals surface area contributed by atoms with Gasteiger partial charge >= 0.3 is 12.2 Å². The fraction of sp³-hybridized carbons (Fsp3) is 0.500. The number of ether oxygens (including phenoxy) is 2. The van der Waals surface area contributed by atoms with Crippen molar-refractivity contribution >= 4 is 23.8 Å². The summed E-state index contributed by atoms with van der Waals surface area (Å²) in [6, 6.07) is 0. The van der Waals surface area contributed by atoms with E-state index in [-0.39, 0.29) is 36.0 Å². The van der Waals surface area contributed by atoms with E-state index in [9.17, 15) is 19.2 Å². The lowest BCUT2D eigenvalue weighted by atomic mass is 9.98. The molecule has 0 radical (unpaired) electrons. The summed E-state index contributed by atoms with van der Waals surface area (Å²) in [6.07, 6.45) is -1.76. The molecule has 3 aliphatic rings. The molecule has 0 aromatic heterocycles. The van der Waals surface area contributed by atoms with Gasteiger partial charge in [0, 0.05) is 26.2 Å². The first-order valence-electron chi connectivity index (χ1n) is 8.43. The number of hydrogen-bond donors (Lipinski definition) is 2. The predicted molar refractivity (Wildman–Crippen MR) is 87.5 cm³/mol. The topological polar surface area (TPSA) is 117 Å². The Kier molecular flexibility index (Phi) is 4.83.